The highest BCUT2D eigenvalue weighted by Crippen LogP contribution is 2.20. The highest BCUT2D eigenvalue weighted by molar-refractivity contribution is 5.85. The highest BCUT2D eigenvalue weighted by Gasteiger charge is 2.26. The molecule has 6 nitrogen and oxygen atoms in total. The van der Waals surface area contributed by atoms with Crippen LogP contribution in [-0.2, 0) is 20.6 Å². The number of piperidine rings is 1. The Morgan fingerprint density at radius 3 is 2.57 bits per heavy atom. The molecule has 0 amide bonds. The van der Waals surface area contributed by atoms with Gasteiger partial charge in [-0.2, -0.15) is 0 Å². The lowest BCUT2D eigenvalue weighted by Crippen LogP contribution is -2.49. The third kappa shape index (κ3) is 3.75. The number of rotatable bonds is 3. The van der Waals surface area contributed by atoms with E-state index in [1.54, 1.807) is 17.7 Å². The Balaban J connectivity index is 0.00000220. The summed E-state index contributed by atoms with van der Waals surface area (Å²) in [6.45, 7) is 3.59. The highest BCUT2D eigenvalue weighted by atomic mass is 35.5. The molecule has 0 aromatic carbocycles. The molecule has 21 heavy (non-hydrogen) atoms. The molecule has 2 unspecified atom stereocenters. The molecule has 2 atom stereocenters. The molecule has 2 heterocycles. The van der Waals surface area contributed by atoms with Gasteiger partial charge in [0.1, 0.15) is 0 Å². The maximum atomic E-state index is 11.9. The normalized spacial score (nSPS) is 20.9. The SMILES string of the molecule is CC(N)C1CCCCN1Cc1cc(=O)n(C)c(=O)n1C.Cl. The molecule has 7 heteroatoms. The first-order valence-electron chi connectivity index (χ1n) is 7.17. The summed E-state index contributed by atoms with van der Waals surface area (Å²) >= 11 is 0. The Morgan fingerprint density at radius 2 is 1.95 bits per heavy atom. The van der Waals surface area contributed by atoms with Gasteiger partial charge in [0, 0.05) is 44.5 Å². The van der Waals surface area contributed by atoms with Gasteiger partial charge in [-0.1, -0.05) is 6.42 Å². The molecule has 2 N–H and O–H groups in total. The van der Waals surface area contributed by atoms with E-state index in [-0.39, 0.29) is 29.7 Å². The van der Waals surface area contributed by atoms with Crippen LogP contribution in [0.15, 0.2) is 15.7 Å². The first-order chi connectivity index (χ1) is 9.41. The van der Waals surface area contributed by atoms with Gasteiger partial charge in [-0.25, -0.2) is 4.79 Å². The Labute approximate surface area is 131 Å². The molecule has 0 bridgehead atoms. The summed E-state index contributed by atoms with van der Waals surface area (Å²) in [5.74, 6) is 0. The number of nitrogens with two attached hydrogens (primary N) is 1. The van der Waals surface area contributed by atoms with Gasteiger partial charge in [0.05, 0.1) is 0 Å². The van der Waals surface area contributed by atoms with Gasteiger partial charge in [0.25, 0.3) is 5.56 Å². The summed E-state index contributed by atoms with van der Waals surface area (Å²) in [7, 11) is 3.21. The fraction of sp³-hybridized carbons (Fsp3) is 0.714. The van der Waals surface area contributed by atoms with Gasteiger partial charge in [0.15, 0.2) is 0 Å². The molecule has 1 saturated heterocycles. The van der Waals surface area contributed by atoms with Crippen LogP contribution < -0.4 is 17.0 Å². The summed E-state index contributed by atoms with van der Waals surface area (Å²) in [5.41, 5.74) is 6.28. The zero-order chi connectivity index (χ0) is 14.9. The lowest BCUT2D eigenvalue weighted by atomic mass is 9.97. The Morgan fingerprint density at radius 1 is 1.29 bits per heavy atom. The summed E-state index contributed by atoms with van der Waals surface area (Å²) in [6.07, 6.45) is 3.41. The minimum atomic E-state index is -0.276. The Kier molecular flexibility index (Phi) is 6.19. The van der Waals surface area contributed by atoms with E-state index in [0.717, 1.165) is 29.6 Å². The Hall–Kier alpha value is -1.11. The van der Waals surface area contributed by atoms with E-state index in [1.807, 2.05) is 6.92 Å². The summed E-state index contributed by atoms with van der Waals surface area (Å²) in [6, 6.07) is 1.97. The molecule has 1 aliphatic heterocycles. The third-order valence-electron chi connectivity index (χ3n) is 4.26. The molecule has 2 rings (SSSR count). The lowest BCUT2D eigenvalue weighted by molar-refractivity contribution is 0.119. The number of hydrogen-bond donors (Lipinski definition) is 1. The van der Waals surface area contributed by atoms with Crippen molar-refractivity contribution in [3.8, 4) is 0 Å². The zero-order valence-corrected chi connectivity index (χ0v) is 13.7. The average molecular weight is 317 g/mol. The Bertz CT molecular complexity index is 594. The van der Waals surface area contributed by atoms with Crippen molar-refractivity contribution in [1.82, 2.24) is 14.0 Å². The van der Waals surface area contributed by atoms with Crippen molar-refractivity contribution in [3.63, 3.8) is 0 Å². The molecular weight excluding hydrogens is 292 g/mol. The predicted molar refractivity (Wildman–Crippen MR) is 85.9 cm³/mol. The molecule has 1 fully saturated rings. The molecule has 0 saturated carbocycles. The van der Waals surface area contributed by atoms with Crippen LogP contribution >= 0.6 is 12.4 Å². The van der Waals surface area contributed by atoms with Crippen LogP contribution in [0.5, 0.6) is 0 Å². The number of aromatic nitrogens is 2. The number of halogens is 1. The van der Waals surface area contributed by atoms with Crippen molar-refractivity contribution in [2.75, 3.05) is 6.54 Å². The van der Waals surface area contributed by atoms with Gasteiger partial charge < -0.3 is 5.73 Å². The lowest BCUT2D eigenvalue weighted by Gasteiger charge is -2.38. The smallest absolute Gasteiger partial charge is 0.327 e. The van der Waals surface area contributed by atoms with Crippen LogP contribution in [0.2, 0.25) is 0 Å². The van der Waals surface area contributed by atoms with Gasteiger partial charge in [-0.05, 0) is 26.3 Å². The molecule has 1 aromatic rings. The van der Waals surface area contributed by atoms with Crippen LogP contribution in [-0.4, -0.2) is 32.7 Å². The maximum absolute atomic E-state index is 11.9. The monoisotopic (exact) mass is 316 g/mol. The zero-order valence-electron chi connectivity index (χ0n) is 12.9. The van der Waals surface area contributed by atoms with Crippen LogP contribution in [0, 0.1) is 0 Å². The van der Waals surface area contributed by atoms with Crippen molar-refractivity contribution in [2.45, 2.75) is 44.8 Å². The second kappa shape index (κ2) is 7.24. The van der Waals surface area contributed by atoms with Crippen molar-refractivity contribution in [2.24, 2.45) is 19.8 Å². The quantitative estimate of drug-likeness (QED) is 0.865. The van der Waals surface area contributed by atoms with Gasteiger partial charge >= 0.3 is 5.69 Å². The van der Waals surface area contributed by atoms with Crippen molar-refractivity contribution in [1.29, 1.82) is 0 Å². The van der Waals surface area contributed by atoms with Gasteiger partial charge in [-0.15, -0.1) is 12.4 Å². The van der Waals surface area contributed by atoms with Crippen LogP contribution in [0.25, 0.3) is 0 Å². The largest absolute Gasteiger partial charge is 0.330 e. The maximum Gasteiger partial charge on any atom is 0.330 e. The number of nitrogens with zero attached hydrogens (tertiary/aromatic N) is 3. The predicted octanol–water partition coefficient (Wildman–Crippen LogP) is 0.208. The van der Waals surface area contributed by atoms with Crippen molar-refractivity contribution in [3.05, 3.63) is 32.6 Å². The average Bonchev–Trinajstić information content (AvgIpc) is 2.43. The van der Waals surface area contributed by atoms with E-state index in [4.69, 9.17) is 5.73 Å². The molecule has 1 aliphatic rings. The van der Waals surface area contributed by atoms with Crippen LogP contribution in [0.1, 0.15) is 31.9 Å². The van der Waals surface area contributed by atoms with Crippen LogP contribution in [0.4, 0.5) is 0 Å². The molecule has 0 aliphatic carbocycles. The standard InChI is InChI=1S/C14H24N4O2.ClH/c1-10(15)12-6-4-5-7-18(12)9-11-8-13(19)17(3)14(20)16(11)2;/h8,10,12H,4-7,9,15H2,1-3H3;1H. The third-order valence-corrected chi connectivity index (χ3v) is 4.26. The minimum absolute atomic E-state index is 0. The summed E-state index contributed by atoms with van der Waals surface area (Å²) in [4.78, 5) is 26.0. The summed E-state index contributed by atoms with van der Waals surface area (Å²) < 4.78 is 2.68. The van der Waals surface area contributed by atoms with E-state index in [1.165, 1.54) is 13.5 Å². The minimum Gasteiger partial charge on any atom is -0.327 e. The molecular formula is C14H25ClN4O2. The molecule has 1 aromatic heterocycles. The summed E-state index contributed by atoms with van der Waals surface area (Å²) in [5, 5.41) is 0. The fourth-order valence-electron chi connectivity index (χ4n) is 2.95. The van der Waals surface area contributed by atoms with E-state index < -0.39 is 0 Å². The molecule has 0 spiro atoms. The van der Waals surface area contributed by atoms with Crippen molar-refractivity contribution < 1.29 is 0 Å². The number of likely N-dealkylation sites (tertiary alicyclic amines) is 1. The second-order valence-corrected chi connectivity index (χ2v) is 5.77. The fourth-order valence-corrected chi connectivity index (χ4v) is 2.95. The van der Waals surface area contributed by atoms with Gasteiger partial charge in [0.2, 0.25) is 0 Å². The first kappa shape index (κ1) is 17.9. The second-order valence-electron chi connectivity index (χ2n) is 5.77. The molecule has 0 radical (unpaired) electrons. The van der Waals surface area contributed by atoms with Crippen LogP contribution in [0.3, 0.4) is 0 Å². The van der Waals surface area contributed by atoms with Crippen molar-refractivity contribution >= 4 is 12.4 Å². The van der Waals surface area contributed by atoms with Gasteiger partial charge in [-0.3, -0.25) is 18.8 Å². The van der Waals surface area contributed by atoms with E-state index in [0.29, 0.717) is 12.6 Å². The first-order valence-corrected chi connectivity index (χ1v) is 7.17. The van der Waals surface area contributed by atoms with E-state index in [9.17, 15) is 9.59 Å². The van der Waals surface area contributed by atoms with E-state index in [2.05, 4.69) is 4.90 Å². The van der Waals surface area contributed by atoms with E-state index >= 15 is 0 Å². The molecule has 120 valence electrons. The number of hydrogen-bond acceptors (Lipinski definition) is 4. The topological polar surface area (TPSA) is 73.3 Å².